The summed E-state index contributed by atoms with van der Waals surface area (Å²) in [5, 5.41) is 10.9. The second kappa shape index (κ2) is 4.38. The molecule has 3 aromatic rings. The van der Waals surface area contributed by atoms with Gasteiger partial charge in [0.25, 0.3) is 0 Å². The second-order valence-corrected chi connectivity index (χ2v) is 4.09. The Balaban J connectivity index is 2.01. The third kappa shape index (κ3) is 2.09. The van der Waals surface area contributed by atoms with Crippen LogP contribution >= 0.6 is 0 Å². The molecule has 0 radical (unpaired) electrons. The Hall–Kier alpha value is -2.94. The first-order chi connectivity index (χ1) is 9.26. The smallest absolute Gasteiger partial charge is 0.236 e. The second-order valence-electron chi connectivity index (χ2n) is 4.09. The molecule has 6 heteroatoms. The van der Waals surface area contributed by atoms with Crippen LogP contribution in [0.25, 0.3) is 22.2 Å². The molecule has 2 N–H and O–H groups in total. The predicted octanol–water partition coefficient (Wildman–Crippen LogP) is 2.22. The minimum absolute atomic E-state index is 0.296. The third-order valence-corrected chi connectivity index (χ3v) is 2.75. The Morgan fingerprint density at radius 3 is 2.74 bits per heavy atom. The number of hydrogen-bond donors (Lipinski definition) is 2. The highest BCUT2D eigenvalue weighted by Crippen LogP contribution is 2.22. The van der Waals surface area contributed by atoms with Gasteiger partial charge < -0.3 is 4.98 Å². The maximum absolute atomic E-state index is 8.47. The van der Waals surface area contributed by atoms with Gasteiger partial charge >= 0.3 is 0 Å². The van der Waals surface area contributed by atoms with Crippen molar-refractivity contribution in [1.82, 2.24) is 19.9 Å². The van der Waals surface area contributed by atoms with E-state index in [2.05, 4.69) is 25.3 Å². The molecule has 6 nitrogen and oxygen atoms in total. The van der Waals surface area contributed by atoms with Crippen molar-refractivity contribution in [2.24, 2.45) is 0 Å². The van der Waals surface area contributed by atoms with Gasteiger partial charge in [0.1, 0.15) is 5.82 Å². The first kappa shape index (κ1) is 11.2. The van der Waals surface area contributed by atoms with Gasteiger partial charge in [0, 0.05) is 18.0 Å². The SMILES string of the molecule is Cc1nc2ccc(-c3cnc(NC#N)nc3)cc2[nH]1. The lowest BCUT2D eigenvalue weighted by atomic mass is 10.1. The molecule has 3 rings (SSSR count). The molecular formula is C13H10N6. The van der Waals surface area contributed by atoms with Crippen molar-refractivity contribution in [2.75, 3.05) is 5.32 Å². The lowest BCUT2D eigenvalue weighted by Crippen LogP contribution is -1.94. The Morgan fingerprint density at radius 2 is 2.00 bits per heavy atom. The van der Waals surface area contributed by atoms with Gasteiger partial charge in [-0.05, 0) is 24.6 Å². The average molecular weight is 250 g/mol. The molecule has 0 bridgehead atoms. The third-order valence-electron chi connectivity index (χ3n) is 2.75. The number of hydrogen-bond acceptors (Lipinski definition) is 5. The van der Waals surface area contributed by atoms with Gasteiger partial charge in [-0.15, -0.1) is 0 Å². The van der Waals surface area contributed by atoms with Crippen LogP contribution in [0.5, 0.6) is 0 Å². The number of anilines is 1. The minimum Gasteiger partial charge on any atom is -0.342 e. The molecule has 0 saturated heterocycles. The topological polar surface area (TPSA) is 90.3 Å². The summed E-state index contributed by atoms with van der Waals surface area (Å²) < 4.78 is 0. The number of rotatable bonds is 2. The van der Waals surface area contributed by atoms with Crippen LogP contribution in [-0.4, -0.2) is 19.9 Å². The fraction of sp³-hybridized carbons (Fsp3) is 0.0769. The molecular weight excluding hydrogens is 240 g/mol. The molecule has 0 aliphatic rings. The number of nitrogens with one attached hydrogen (secondary N) is 2. The van der Waals surface area contributed by atoms with Gasteiger partial charge in [-0.1, -0.05) is 6.07 Å². The first-order valence-electron chi connectivity index (χ1n) is 5.70. The fourth-order valence-electron chi connectivity index (χ4n) is 1.91. The van der Waals surface area contributed by atoms with Crippen molar-refractivity contribution in [3.8, 4) is 17.3 Å². The highest BCUT2D eigenvalue weighted by molar-refractivity contribution is 5.81. The number of aromatic nitrogens is 4. The van der Waals surface area contributed by atoms with E-state index in [9.17, 15) is 0 Å². The first-order valence-corrected chi connectivity index (χ1v) is 5.70. The average Bonchev–Trinajstić information content (AvgIpc) is 2.79. The zero-order valence-corrected chi connectivity index (χ0v) is 10.2. The van der Waals surface area contributed by atoms with E-state index in [0.29, 0.717) is 5.95 Å². The van der Waals surface area contributed by atoms with Crippen molar-refractivity contribution in [1.29, 1.82) is 5.26 Å². The number of H-pyrrole nitrogens is 1. The van der Waals surface area contributed by atoms with Crippen molar-refractivity contribution in [3.05, 3.63) is 36.4 Å². The molecule has 0 fully saturated rings. The molecule has 0 spiro atoms. The van der Waals surface area contributed by atoms with Crippen LogP contribution in [0.2, 0.25) is 0 Å². The van der Waals surface area contributed by atoms with Crippen molar-refractivity contribution in [2.45, 2.75) is 6.92 Å². The summed E-state index contributed by atoms with van der Waals surface area (Å²) >= 11 is 0. The van der Waals surface area contributed by atoms with Crippen LogP contribution in [0, 0.1) is 18.4 Å². The van der Waals surface area contributed by atoms with E-state index in [-0.39, 0.29) is 0 Å². The van der Waals surface area contributed by atoms with Crippen LogP contribution in [-0.2, 0) is 0 Å². The molecule has 19 heavy (non-hydrogen) atoms. The fourth-order valence-corrected chi connectivity index (χ4v) is 1.91. The molecule has 2 aromatic heterocycles. The van der Waals surface area contributed by atoms with E-state index >= 15 is 0 Å². The molecule has 92 valence electrons. The minimum atomic E-state index is 0.296. The van der Waals surface area contributed by atoms with Gasteiger partial charge in [-0.2, -0.15) is 5.26 Å². The summed E-state index contributed by atoms with van der Waals surface area (Å²) in [5.41, 5.74) is 3.80. The molecule has 0 unspecified atom stereocenters. The number of aromatic amines is 1. The molecule has 0 aliphatic carbocycles. The predicted molar refractivity (Wildman–Crippen MR) is 71.1 cm³/mol. The number of imidazole rings is 1. The van der Waals surface area contributed by atoms with Crippen molar-refractivity contribution < 1.29 is 0 Å². The Bertz CT molecular complexity index is 766. The Labute approximate surface area is 109 Å². The maximum Gasteiger partial charge on any atom is 0.236 e. The van der Waals surface area contributed by atoms with Crippen molar-refractivity contribution in [3.63, 3.8) is 0 Å². The Morgan fingerprint density at radius 1 is 1.21 bits per heavy atom. The van der Waals surface area contributed by atoms with E-state index in [1.54, 1.807) is 18.6 Å². The van der Waals surface area contributed by atoms with Crippen LogP contribution < -0.4 is 5.32 Å². The summed E-state index contributed by atoms with van der Waals surface area (Å²) in [4.78, 5) is 15.7. The normalized spacial score (nSPS) is 10.3. The number of benzene rings is 1. The van der Waals surface area contributed by atoms with Gasteiger partial charge in [0.05, 0.1) is 11.0 Å². The van der Waals surface area contributed by atoms with Gasteiger partial charge in [0.2, 0.25) is 5.95 Å². The van der Waals surface area contributed by atoms with E-state index in [0.717, 1.165) is 28.0 Å². The largest absolute Gasteiger partial charge is 0.342 e. The molecule has 0 atom stereocenters. The number of fused-ring (bicyclic) bond motifs is 1. The summed E-state index contributed by atoms with van der Waals surface area (Å²) in [6.45, 7) is 1.92. The monoisotopic (exact) mass is 250 g/mol. The van der Waals surface area contributed by atoms with Gasteiger partial charge in [0.15, 0.2) is 6.19 Å². The highest BCUT2D eigenvalue weighted by Gasteiger charge is 2.04. The van der Waals surface area contributed by atoms with Gasteiger partial charge in [-0.25, -0.2) is 15.0 Å². The van der Waals surface area contributed by atoms with Crippen LogP contribution in [0.15, 0.2) is 30.6 Å². The summed E-state index contributed by atoms with van der Waals surface area (Å²) in [6.07, 6.45) is 5.14. The van der Waals surface area contributed by atoms with E-state index < -0.39 is 0 Å². The van der Waals surface area contributed by atoms with E-state index in [1.165, 1.54) is 0 Å². The summed E-state index contributed by atoms with van der Waals surface area (Å²) in [5.74, 6) is 1.18. The number of nitriles is 1. The zero-order chi connectivity index (χ0) is 13.2. The highest BCUT2D eigenvalue weighted by atomic mass is 15.1. The molecule has 2 heterocycles. The number of aryl methyl sites for hydroxylation is 1. The molecule has 0 saturated carbocycles. The van der Waals surface area contributed by atoms with Crippen LogP contribution in [0.4, 0.5) is 5.95 Å². The van der Waals surface area contributed by atoms with Crippen LogP contribution in [0.1, 0.15) is 5.82 Å². The summed E-state index contributed by atoms with van der Waals surface area (Å²) in [6, 6.07) is 5.93. The molecule has 0 aliphatic heterocycles. The lowest BCUT2D eigenvalue weighted by Gasteiger charge is -2.01. The Kier molecular flexibility index (Phi) is 2.58. The quantitative estimate of drug-likeness (QED) is 0.537. The molecule has 0 amide bonds. The standard InChI is InChI=1S/C13H10N6/c1-8-18-11-3-2-9(4-12(11)19-8)10-5-15-13(16-6-10)17-7-14/h2-6H,1H3,(H,18,19)(H,15,16,17). The van der Waals surface area contributed by atoms with Crippen molar-refractivity contribution >= 4 is 17.0 Å². The summed E-state index contributed by atoms with van der Waals surface area (Å²) in [7, 11) is 0. The molecule has 1 aromatic carbocycles. The number of nitrogens with zero attached hydrogens (tertiary/aromatic N) is 4. The van der Waals surface area contributed by atoms with Crippen LogP contribution in [0.3, 0.4) is 0 Å². The zero-order valence-electron chi connectivity index (χ0n) is 10.2. The van der Waals surface area contributed by atoms with Gasteiger partial charge in [-0.3, -0.25) is 5.32 Å². The van der Waals surface area contributed by atoms with E-state index in [4.69, 9.17) is 5.26 Å². The maximum atomic E-state index is 8.47. The lowest BCUT2D eigenvalue weighted by molar-refractivity contribution is 1.17. The van der Waals surface area contributed by atoms with E-state index in [1.807, 2.05) is 25.1 Å².